The van der Waals surface area contributed by atoms with Gasteiger partial charge in [0.1, 0.15) is 16.4 Å². The number of piperazine rings is 1. The monoisotopic (exact) mass is 487 g/mol. The highest BCUT2D eigenvalue weighted by atomic mass is 32.2. The maximum absolute atomic E-state index is 13.3. The summed E-state index contributed by atoms with van der Waals surface area (Å²) in [6, 6.07) is 9.18. The van der Waals surface area contributed by atoms with Crippen LogP contribution in [0.4, 0.5) is 5.13 Å². The number of methoxy groups -OCH3 is 2. The van der Waals surface area contributed by atoms with Gasteiger partial charge in [0.2, 0.25) is 10.0 Å². The van der Waals surface area contributed by atoms with Gasteiger partial charge in [0, 0.05) is 43.2 Å². The van der Waals surface area contributed by atoms with Gasteiger partial charge in [-0.1, -0.05) is 17.7 Å². The molecule has 0 aliphatic carbocycles. The molecule has 9 heteroatoms. The topological polar surface area (TPSA) is 72.0 Å². The Hall–Kier alpha value is -2.62. The second kappa shape index (κ2) is 9.32. The minimum atomic E-state index is -3.71. The second-order valence-electron chi connectivity index (χ2n) is 8.20. The van der Waals surface area contributed by atoms with Crippen molar-refractivity contribution in [1.82, 2.24) is 9.29 Å². The molecule has 1 aliphatic heterocycles. The van der Waals surface area contributed by atoms with Crippen LogP contribution in [0.3, 0.4) is 0 Å². The zero-order valence-electron chi connectivity index (χ0n) is 19.6. The fraction of sp³-hybridized carbons (Fsp3) is 0.375. The van der Waals surface area contributed by atoms with E-state index in [2.05, 4.69) is 43.2 Å². The number of thiazole rings is 1. The van der Waals surface area contributed by atoms with Crippen molar-refractivity contribution in [2.45, 2.75) is 25.7 Å². The SMILES string of the molecule is COc1ccc(OC)c(S(=O)(=O)N2CCN(c3nc(-c4c(C)cc(C)cc4C)cs3)CC2)c1. The minimum absolute atomic E-state index is 0.125. The Kier molecular flexibility index (Phi) is 6.65. The molecule has 0 spiro atoms. The van der Waals surface area contributed by atoms with Crippen LogP contribution in [0.5, 0.6) is 11.5 Å². The van der Waals surface area contributed by atoms with Gasteiger partial charge < -0.3 is 14.4 Å². The average molecular weight is 488 g/mol. The smallest absolute Gasteiger partial charge is 0.247 e. The third-order valence-corrected chi connectivity index (χ3v) is 8.74. The molecular weight excluding hydrogens is 458 g/mol. The Balaban J connectivity index is 1.51. The summed E-state index contributed by atoms with van der Waals surface area (Å²) in [5, 5.41) is 3.00. The van der Waals surface area contributed by atoms with E-state index in [9.17, 15) is 8.42 Å². The Labute approximate surface area is 199 Å². The molecule has 2 heterocycles. The summed E-state index contributed by atoms with van der Waals surface area (Å²) in [4.78, 5) is 7.17. The minimum Gasteiger partial charge on any atom is -0.497 e. The number of sulfonamides is 1. The number of aryl methyl sites for hydroxylation is 3. The molecule has 7 nitrogen and oxygen atoms in total. The van der Waals surface area contributed by atoms with E-state index in [4.69, 9.17) is 14.5 Å². The lowest BCUT2D eigenvalue weighted by atomic mass is 9.98. The molecule has 0 atom stereocenters. The summed E-state index contributed by atoms with van der Waals surface area (Å²) in [6.45, 7) is 8.23. The molecule has 1 fully saturated rings. The molecule has 3 aromatic rings. The van der Waals surface area contributed by atoms with Crippen molar-refractivity contribution in [3.63, 3.8) is 0 Å². The van der Waals surface area contributed by atoms with E-state index in [0.717, 1.165) is 10.8 Å². The van der Waals surface area contributed by atoms with Crippen LogP contribution in [0.2, 0.25) is 0 Å². The number of anilines is 1. The standard InChI is InChI=1S/C24H29N3O4S2/c1-16-12-17(2)23(18(3)13-16)20-15-32-24(25-20)26-8-10-27(11-9-26)33(28,29)22-14-19(30-4)6-7-21(22)31-5/h6-7,12-15H,8-11H2,1-5H3. The van der Waals surface area contributed by atoms with E-state index in [1.165, 1.54) is 46.8 Å². The van der Waals surface area contributed by atoms with E-state index < -0.39 is 10.0 Å². The maximum atomic E-state index is 13.3. The van der Waals surface area contributed by atoms with Gasteiger partial charge in [0.05, 0.1) is 19.9 Å². The van der Waals surface area contributed by atoms with Crippen LogP contribution < -0.4 is 14.4 Å². The third kappa shape index (κ3) is 4.58. The summed E-state index contributed by atoms with van der Waals surface area (Å²) >= 11 is 1.60. The zero-order valence-corrected chi connectivity index (χ0v) is 21.2. The molecule has 0 unspecified atom stereocenters. The van der Waals surface area contributed by atoms with Crippen molar-refractivity contribution in [3.05, 3.63) is 52.4 Å². The first-order valence-corrected chi connectivity index (χ1v) is 13.1. The third-order valence-electron chi connectivity index (χ3n) is 5.92. The van der Waals surface area contributed by atoms with Crippen LogP contribution in [0.25, 0.3) is 11.3 Å². The first-order chi connectivity index (χ1) is 15.7. The van der Waals surface area contributed by atoms with Crippen molar-refractivity contribution in [3.8, 4) is 22.8 Å². The number of aromatic nitrogens is 1. The van der Waals surface area contributed by atoms with Gasteiger partial charge in [0.25, 0.3) is 0 Å². The molecule has 0 radical (unpaired) electrons. The van der Waals surface area contributed by atoms with Crippen LogP contribution in [0.15, 0.2) is 40.6 Å². The van der Waals surface area contributed by atoms with E-state index in [-0.39, 0.29) is 4.90 Å². The molecular formula is C24H29N3O4S2. The highest BCUT2D eigenvalue weighted by Crippen LogP contribution is 2.34. The predicted octanol–water partition coefficient (Wildman–Crippen LogP) is 4.26. The van der Waals surface area contributed by atoms with Crippen LogP contribution in [0, 0.1) is 20.8 Å². The van der Waals surface area contributed by atoms with Gasteiger partial charge in [-0.3, -0.25) is 0 Å². The summed E-state index contributed by atoms with van der Waals surface area (Å²) in [5.74, 6) is 0.789. The highest BCUT2D eigenvalue weighted by molar-refractivity contribution is 7.89. The lowest BCUT2D eigenvalue weighted by Gasteiger charge is -2.34. The van der Waals surface area contributed by atoms with Crippen LogP contribution in [0.1, 0.15) is 16.7 Å². The van der Waals surface area contributed by atoms with Crippen molar-refractivity contribution < 1.29 is 17.9 Å². The molecule has 1 saturated heterocycles. The van der Waals surface area contributed by atoms with E-state index in [0.29, 0.717) is 37.7 Å². The second-order valence-corrected chi connectivity index (χ2v) is 10.9. The van der Waals surface area contributed by atoms with Crippen LogP contribution in [-0.4, -0.2) is 58.1 Å². The van der Waals surface area contributed by atoms with Gasteiger partial charge in [0.15, 0.2) is 5.13 Å². The lowest BCUT2D eigenvalue weighted by molar-refractivity contribution is 0.370. The molecule has 1 aromatic heterocycles. The maximum Gasteiger partial charge on any atom is 0.247 e. The van der Waals surface area contributed by atoms with E-state index >= 15 is 0 Å². The molecule has 176 valence electrons. The molecule has 2 aromatic carbocycles. The number of rotatable bonds is 6. The number of ether oxygens (including phenoxy) is 2. The highest BCUT2D eigenvalue weighted by Gasteiger charge is 2.32. The number of nitrogens with zero attached hydrogens (tertiary/aromatic N) is 3. The largest absolute Gasteiger partial charge is 0.497 e. The summed E-state index contributed by atoms with van der Waals surface area (Å²) in [6.07, 6.45) is 0. The summed E-state index contributed by atoms with van der Waals surface area (Å²) in [5.41, 5.74) is 5.82. The molecule has 0 bridgehead atoms. The molecule has 0 N–H and O–H groups in total. The normalized spacial score (nSPS) is 15.0. The first kappa shape index (κ1) is 23.5. The van der Waals surface area contributed by atoms with Crippen molar-refractivity contribution in [1.29, 1.82) is 0 Å². The summed E-state index contributed by atoms with van der Waals surface area (Å²) in [7, 11) is -0.730. The van der Waals surface area contributed by atoms with Gasteiger partial charge in [-0.25, -0.2) is 13.4 Å². The van der Waals surface area contributed by atoms with Gasteiger partial charge in [-0.15, -0.1) is 11.3 Å². The Morgan fingerprint density at radius 3 is 2.21 bits per heavy atom. The molecule has 33 heavy (non-hydrogen) atoms. The zero-order chi connectivity index (χ0) is 23.8. The van der Waals surface area contributed by atoms with E-state index in [1.807, 2.05) is 0 Å². The Bertz CT molecular complexity index is 1240. The molecule has 0 saturated carbocycles. The van der Waals surface area contributed by atoms with Gasteiger partial charge in [-0.05, 0) is 44.0 Å². The Morgan fingerprint density at radius 1 is 0.939 bits per heavy atom. The van der Waals surface area contributed by atoms with Crippen molar-refractivity contribution in [2.75, 3.05) is 45.3 Å². The number of benzene rings is 2. The van der Waals surface area contributed by atoms with E-state index in [1.54, 1.807) is 23.5 Å². The first-order valence-electron chi connectivity index (χ1n) is 10.8. The average Bonchev–Trinajstić information content (AvgIpc) is 3.27. The summed E-state index contributed by atoms with van der Waals surface area (Å²) < 4.78 is 38.7. The number of hydrogen-bond donors (Lipinski definition) is 0. The van der Waals surface area contributed by atoms with Crippen molar-refractivity contribution in [2.24, 2.45) is 0 Å². The van der Waals surface area contributed by atoms with Crippen LogP contribution >= 0.6 is 11.3 Å². The molecule has 0 amide bonds. The molecule has 4 rings (SSSR count). The fourth-order valence-electron chi connectivity index (χ4n) is 4.35. The van der Waals surface area contributed by atoms with Gasteiger partial charge >= 0.3 is 0 Å². The quantitative estimate of drug-likeness (QED) is 0.517. The van der Waals surface area contributed by atoms with Crippen molar-refractivity contribution >= 4 is 26.5 Å². The lowest BCUT2D eigenvalue weighted by Crippen LogP contribution is -2.48. The van der Waals surface area contributed by atoms with Gasteiger partial charge in [-0.2, -0.15) is 4.31 Å². The number of hydrogen-bond acceptors (Lipinski definition) is 7. The Morgan fingerprint density at radius 2 is 1.61 bits per heavy atom. The predicted molar refractivity (Wildman–Crippen MR) is 132 cm³/mol. The molecule has 1 aliphatic rings. The van der Waals surface area contributed by atoms with Crippen LogP contribution in [-0.2, 0) is 10.0 Å². The fourth-order valence-corrected chi connectivity index (χ4v) is 6.82.